The SMILES string of the molecule is COC(=O)C(=O)CCCCOc1ccc([N+](=O)[O-])cc1. The zero-order valence-corrected chi connectivity index (χ0v) is 11.0. The van der Waals surface area contributed by atoms with Gasteiger partial charge in [0, 0.05) is 18.6 Å². The first-order valence-corrected chi connectivity index (χ1v) is 6.03. The maximum absolute atomic E-state index is 11.1. The molecular weight excluding hydrogens is 266 g/mol. The predicted octanol–water partition coefficient (Wildman–Crippen LogP) is 1.89. The molecule has 1 rings (SSSR count). The molecule has 7 heteroatoms. The first kappa shape index (κ1) is 15.6. The Balaban J connectivity index is 2.23. The van der Waals surface area contributed by atoms with Crippen molar-refractivity contribution in [1.29, 1.82) is 0 Å². The summed E-state index contributed by atoms with van der Waals surface area (Å²) in [7, 11) is 1.16. The largest absolute Gasteiger partial charge is 0.494 e. The van der Waals surface area contributed by atoms with E-state index in [0.717, 1.165) is 7.11 Å². The lowest BCUT2D eigenvalue weighted by molar-refractivity contribution is -0.384. The quantitative estimate of drug-likeness (QED) is 0.237. The minimum absolute atomic E-state index is 0.000949. The number of methoxy groups -OCH3 is 1. The van der Waals surface area contributed by atoms with E-state index in [1.54, 1.807) is 0 Å². The van der Waals surface area contributed by atoms with E-state index in [2.05, 4.69) is 4.74 Å². The van der Waals surface area contributed by atoms with Crippen molar-refractivity contribution in [3.8, 4) is 5.75 Å². The molecule has 0 aliphatic rings. The van der Waals surface area contributed by atoms with Crippen molar-refractivity contribution in [3.05, 3.63) is 34.4 Å². The number of carbonyl (C=O) groups is 2. The highest BCUT2D eigenvalue weighted by Crippen LogP contribution is 2.17. The highest BCUT2D eigenvalue weighted by molar-refractivity contribution is 6.33. The molecule has 1 aromatic carbocycles. The third kappa shape index (κ3) is 5.05. The minimum atomic E-state index is -0.832. The second kappa shape index (κ2) is 7.88. The molecule has 0 saturated carbocycles. The number of esters is 1. The van der Waals surface area contributed by atoms with Crippen LogP contribution < -0.4 is 4.74 Å². The number of ether oxygens (including phenoxy) is 2. The highest BCUT2D eigenvalue weighted by atomic mass is 16.6. The van der Waals surface area contributed by atoms with Gasteiger partial charge in [-0.1, -0.05) is 0 Å². The van der Waals surface area contributed by atoms with Gasteiger partial charge in [0.1, 0.15) is 5.75 Å². The first-order chi connectivity index (χ1) is 9.54. The monoisotopic (exact) mass is 281 g/mol. The van der Waals surface area contributed by atoms with Gasteiger partial charge in [0.2, 0.25) is 5.78 Å². The number of hydrogen-bond donors (Lipinski definition) is 0. The van der Waals surface area contributed by atoms with Crippen LogP contribution in [0.3, 0.4) is 0 Å². The number of hydrogen-bond acceptors (Lipinski definition) is 6. The van der Waals surface area contributed by atoms with E-state index in [4.69, 9.17) is 4.74 Å². The van der Waals surface area contributed by atoms with E-state index in [1.807, 2.05) is 0 Å². The number of rotatable bonds is 8. The van der Waals surface area contributed by atoms with Gasteiger partial charge in [-0.05, 0) is 25.0 Å². The molecule has 7 nitrogen and oxygen atoms in total. The van der Waals surface area contributed by atoms with Gasteiger partial charge in [0.15, 0.2) is 0 Å². The van der Waals surface area contributed by atoms with E-state index < -0.39 is 16.7 Å². The molecule has 0 bridgehead atoms. The Morgan fingerprint density at radius 2 is 1.85 bits per heavy atom. The maximum atomic E-state index is 11.1. The van der Waals surface area contributed by atoms with Crippen molar-refractivity contribution < 1.29 is 24.0 Å². The van der Waals surface area contributed by atoms with Crippen LogP contribution in [0.15, 0.2) is 24.3 Å². The minimum Gasteiger partial charge on any atom is -0.494 e. The van der Waals surface area contributed by atoms with Gasteiger partial charge >= 0.3 is 5.97 Å². The van der Waals surface area contributed by atoms with Crippen LogP contribution >= 0.6 is 0 Å². The number of nitro groups is 1. The molecule has 0 radical (unpaired) electrons. The average Bonchev–Trinajstić information content (AvgIpc) is 2.46. The Morgan fingerprint density at radius 3 is 2.40 bits per heavy atom. The molecule has 108 valence electrons. The molecule has 0 amide bonds. The second-order valence-corrected chi connectivity index (χ2v) is 3.97. The van der Waals surface area contributed by atoms with Crippen LogP contribution in [0.5, 0.6) is 5.75 Å². The topological polar surface area (TPSA) is 95.7 Å². The Labute approximate surface area is 115 Å². The molecule has 0 aromatic heterocycles. The van der Waals surface area contributed by atoms with Crippen molar-refractivity contribution in [2.24, 2.45) is 0 Å². The van der Waals surface area contributed by atoms with Crippen LogP contribution in [0.25, 0.3) is 0 Å². The molecule has 0 fully saturated rings. The van der Waals surface area contributed by atoms with Gasteiger partial charge in [0.25, 0.3) is 5.69 Å². The molecule has 0 aliphatic heterocycles. The van der Waals surface area contributed by atoms with Crippen LogP contribution in [0.2, 0.25) is 0 Å². The summed E-state index contributed by atoms with van der Waals surface area (Å²) in [6.07, 6.45) is 1.23. The first-order valence-electron chi connectivity index (χ1n) is 6.03. The molecular formula is C13H15NO6. The number of carbonyl (C=O) groups excluding carboxylic acids is 2. The lowest BCUT2D eigenvalue weighted by Gasteiger charge is -2.05. The molecule has 20 heavy (non-hydrogen) atoms. The highest BCUT2D eigenvalue weighted by Gasteiger charge is 2.12. The molecule has 1 aromatic rings. The fourth-order valence-electron chi connectivity index (χ4n) is 1.46. The van der Waals surface area contributed by atoms with Crippen LogP contribution in [0, 0.1) is 10.1 Å². The summed E-state index contributed by atoms with van der Waals surface area (Å²) in [6, 6.07) is 5.74. The molecule has 0 N–H and O–H groups in total. The lowest BCUT2D eigenvalue weighted by atomic mass is 10.2. The van der Waals surface area contributed by atoms with E-state index >= 15 is 0 Å². The Hall–Kier alpha value is -2.44. The number of Topliss-reactive ketones (excluding diaryl/α,β-unsaturated/α-hetero) is 1. The van der Waals surface area contributed by atoms with Gasteiger partial charge in [0.05, 0.1) is 18.6 Å². The lowest BCUT2D eigenvalue weighted by Crippen LogP contribution is -2.15. The van der Waals surface area contributed by atoms with Gasteiger partial charge < -0.3 is 9.47 Å². The average molecular weight is 281 g/mol. The molecule has 0 unspecified atom stereocenters. The van der Waals surface area contributed by atoms with Crippen LogP contribution in [-0.4, -0.2) is 30.4 Å². The summed E-state index contributed by atoms with van der Waals surface area (Å²) in [5.74, 6) is -0.862. The number of ketones is 1. The maximum Gasteiger partial charge on any atom is 0.374 e. The standard InChI is InChI=1S/C13H15NO6/c1-19-13(16)12(15)4-2-3-9-20-11-7-5-10(6-8-11)14(17)18/h5-8H,2-4,9H2,1H3. The van der Waals surface area contributed by atoms with Crippen molar-refractivity contribution in [3.63, 3.8) is 0 Å². The Morgan fingerprint density at radius 1 is 1.20 bits per heavy atom. The summed E-state index contributed by atoms with van der Waals surface area (Å²) in [6.45, 7) is 0.367. The van der Waals surface area contributed by atoms with Crippen LogP contribution in [-0.2, 0) is 14.3 Å². The number of unbranched alkanes of at least 4 members (excludes halogenated alkanes) is 1. The number of nitro benzene ring substituents is 1. The van der Waals surface area contributed by atoms with Crippen LogP contribution in [0.4, 0.5) is 5.69 Å². The van der Waals surface area contributed by atoms with E-state index in [0.29, 0.717) is 25.2 Å². The fraction of sp³-hybridized carbons (Fsp3) is 0.385. The second-order valence-electron chi connectivity index (χ2n) is 3.97. The third-order valence-electron chi connectivity index (χ3n) is 2.53. The molecule has 0 heterocycles. The number of nitrogens with zero attached hydrogens (tertiary/aromatic N) is 1. The third-order valence-corrected chi connectivity index (χ3v) is 2.53. The molecule has 0 spiro atoms. The zero-order chi connectivity index (χ0) is 15.0. The smallest absolute Gasteiger partial charge is 0.374 e. The van der Waals surface area contributed by atoms with Crippen molar-refractivity contribution in [2.75, 3.05) is 13.7 Å². The summed E-state index contributed by atoms with van der Waals surface area (Å²) >= 11 is 0. The fourth-order valence-corrected chi connectivity index (χ4v) is 1.46. The predicted molar refractivity (Wildman–Crippen MR) is 69.5 cm³/mol. The summed E-state index contributed by atoms with van der Waals surface area (Å²) in [4.78, 5) is 31.9. The summed E-state index contributed by atoms with van der Waals surface area (Å²) in [5.41, 5.74) is 0.000949. The van der Waals surface area contributed by atoms with Gasteiger partial charge in [-0.3, -0.25) is 14.9 Å². The Bertz CT molecular complexity index is 482. The van der Waals surface area contributed by atoms with E-state index in [9.17, 15) is 19.7 Å². The van der Waals surface area contributed by atoms with Crippen LogP contribution in [0.1, 0.15) is 19.3 Å². The number of benzene rings is 1. The van der Waals surface area contributed by atoms with Crippen molar-refractivity contribution in [2.45, 2.75) is 19.3 Å². The Kier molecular flexibility index (Phi) is 6.15. The van der Waals surface area contributed by atoms with Crippen molar-refractivity contribution >= 4 is 17.4 Å². The van der Waals surface area contributed by atoms with E-state index in [-0.39, 0.29) is 12.1 Å². The van der Waals surface area contributed by atoms with Crippen molar-refractivity contribution in [1.82, 2.24) is 0 Å². The molecule has 0 atom stereocenters. The number of non-ortho nitro benzene ring substituents is 1. The molecule has 0 saturated heterocycles. The van der Waals surface area contributed by atoms with E-state index in [1.165, 1.54) is 24.3 Å². The summed E-state index contributed by atoms with van der Waals surface area (Å²) < 4.78 is 9.65. The zero-order valence-electron chi connectivity index (χ0n) is 11.0. The van der Waals surface area contributed by atoms with Gasteiger partial charge in [-0.25, -0.2) is 4.79 Å². The van der Waals surface area contributed by atoms with Gasteiger partial charge in [-0.2, -0.15) is 0 Å². The normalized spacial score (nSPS) is 9.85. The van der Waals surface area contributed by atoms with Gasteiger partial charge in [-0.15, -0.1) is 0 Å². The molecule has 0 aliphatic carbocycles. The summed E-state index contributed by atoms with van der Waals surface area (Å²) in [5, 5.41) is 10.5.